The van der Waals surface area contributed by atoms with Crippen molar-refractivity contribution in [3.8, 4) is 11.6 Å². The molecule has 10 heteroatoms. The molecule has 3 rings (SSSR count). The molecule has 0 saturated carbocycles. The molecule has 0 fully saturated rings. The van der Waals surface area contributed by atoms with Gasteiger partial charge in [-0.1, -0.05) is 6.07 Å². The number of methoxy groups -OCH3 is 1. The Balaban J connectivity index is 1.55. The topological polar surface area (TPSA) is 108 Å². The van der Waals surface area contributed by atoms with Crippen molar-refractivity contribution in [2.24, 2.45) is 0 Å². The molecule has 3 aromatic rings. The van der Waals surface area contributed by atoms with Crippen molar-refractivity contribution in [2.75, 3.05) is 25.6 Å². The van der Waals surface area contributed by atoms with Crippen LogP contribution in [-0.4, -0.2) is 41.9 Å². The number of pyridine rings is 1. The maximum Gasteiger partial charge on any atom is 0.407 e. The zero-order chi connectivity index (χ0) is 23.8. The molecule has 0 unspecified atom stereocenters. The fourth-order valence-electron chi connectivity index (χ4n) is 2.78. The molecule has 0 saturated heterocycles. The predicted molar refractivity (Wildman–Crippen MR) is 121 cm³/mol. The Morgan fingerprint density at radius 2 is 2.09 bits per heavy atom. The summed E-state index contributed by atoms with van der Waals surface area (Å²) in [6, 6.07) is 9.14. The summed E-state index contributed by atoms with van der Waals surface area (Å²) in [5.74, 6) is 0.991. The molecule has 0 aliphatic heterocycles. The lowest BCUT2D eigenvalue weighted by atomic mass is 10.2. The lowest BCUT2D eigenvalue weighted by Gasteiger charge is -2.20. The molecule has 33 heavy (non-hydrogen) atoms. The summed E-state index contributed by atoms with van der Waals surface area (Å²) in [5, 5.41) is 5.59. The van der Waals surface area contributed by atoms with E-state index in [0.29, 0.717) is 41.6 Å². The fraction of sp³-hybridized carbons (Fsp3) is 0.348. The molecular weight excluding hydrogens is 431 g/mol. The smallest absolute Gasteiger partial charge is 0.407 e. The van der Waals surface area contributed by atoms with Crippen molar-refractivity contribution in [3.05, 3.63) is 54.0 Å². The van der Waals surface area contributed by atoms with Crippen molar-refractivity contribution >= 4 is 23.2 Å². The van der Waals surface area contributed by atoms with Gasteiger partial charge in [0, 0.05) is 36.5 Å². The largest absolute Gasteiger partial charge is 0.489 e. The van der Waals surface area contributed by atoms with E-state index in [1.807, 2.05) is 12.1 Å². The zero-order valence-corrected chi connectivity index (χ0v) is 19.0. The first-order valence-electron chi connectivity index (χ1n) is 10.3. The minimum absolute atomic E-state index is 0.0398. The number of carbonyl (C=O) groups excluding carboxylic acids is 1. The normalized spacial score (nSPS) is 11.8. The summed E-state index contributed by atoms with van der Waals surface area (Å²) in [6.07, 6.45) is 1.42. The van der Waals surface area contributed by atoms with Crippen LogP contribution in [-0.2, 0) is 11.3 Å². The maximum absolute atomic E-state index is 13.2. The highest BCUT2D eigenvalue weighted by Crippen LogP contribution is 2.25. The third-order valence-electron chi connectivity index (χ3n) is 4.27. The number of fused-ring (bicyclic) bond motifs is 1. The minimum Gasteiger partial charge on any atom is -0.489 e. The van der Waals surface area contributed by atoms with Gasteiger partial charge in [0.1, 0.15) is 23.5 Å². The van der Waals surface area contributed by atoms with Crippen LogP contribution in [0.15, 0.2) is 52.8 Å². The molecule has 9 nitrogen and oxygen atoms in total. The highest BCUT2D eigenvalue weighted by Gasteiger charge is 2.16. The van der Waals surface area contributed by atoms with Gasteiger partial charge in [-0.25, -0.2) is 14.2 Å². The molecule has 0 bridgehead atoms. The van der Waals surface area contributed by atoms with Gasteiger partial charge in [-0.2, -0.15) is 4.98 Å². The van der Waals surface area contributed by atoms with Crippen LogP contribution in [0, 0.1) is 0 Å². The van der Waals surface area contributed by atoms with Gasteiger partial charge >= 0.3 is 6.09 Å². The van der Waals surface area contributed by atoms with E-state index in [0.717, 1.165) is 5.56 Å². The molecule has 0 aliphatic carbocycles. The van der Waals surface area contributed by atoms with E-state index in [4.69, 9.17) is 18.6 Å². The highest BCUT2D eigenvalue weighted by molar-refractivity contribution is 5.76. The number of rotatable bonds is 9. The number of nitrogens with one attached hydrogen (secondary N) is 2. The zero-order valence-electron chi connectivity index (χ0n) is 19.0. The number of aromatic nitrogens is 2. The number of halogens is 1. The lowest BCUT2D eigenvalue weighted by molar-refractivity contribution is 0.0531. The first-order chi connectivity index (χ1) is 15.8. The van der Waals surface area contributed by atoms with E-state index < -0.39 is 11.7 Å². The number of ether oxygens (including phenoxy) is 3. The van der Waals surface area contributed by atoms with Crippen LogP contribution in [0.5, 0.6) is 11.6 Å². The summed E-state index contributed by atoms with van der Waals surface area (Å²) in [7, 11) is 1.56. The number of benzene rings is 1. The minimum atomic E-state index is -0.634. The standard InChI is InChI=1S/C23H27FN4O5/c1-23(2,3)33-22(29)27-12-15(11-24)14-31-17-7-8-18-19(10-17)32-21(28-18)26-13-16-6-5-9-25-20(16)30-4/h5-11H,12-14H2,1-4H3,(H,26,28)(H,27,29). The van der Waals surface area contributed by atoms with Gasteiger partial charge in [0.25, 0.3) is 6.01 Å². The molecular formula is C23H27FN4O5. The van der Waals surface area contributed by atoms with Gasteiger partial charge in [-0.15, -0.1) is 0 Å². The van der Waals surface area contributed by atoms with Crippen molar-refractivity contribution in [2.45, 2.75) is 32.9 Å². The van der Waals surface area contributed by atoms with Gasteiger partial charge in [-0.05, 0) is 39.0 Å². The molecule has 0 atom stereocenters. The van der Waals surface area contributed by atoms with Gasteiger partial charge in [0.05, 0.1) is 13.4 Å². The monoisotopic (exact) mass is 458 g/mol. The Kier molecular flexibility index (Phi) is 7.70. The second kappa shape index (κ2) is 10.7. The maximum atomic E-state index is 13.2. The Morgan fingerprint density at radius 1 is 1.27 bits per heavy atom. The second-order valence-electron chi connectivity index (χ2n) is 8.09. The summed E-state index contributed by atoms with van der Waals surface area (Å²) in [5.41, 5.74) is 1.61. The van der Waals surface area contributed by atoms with E-state index in [2.05, 4.69) is 20.6 Å². The number of hydrogen-bond acceptors (Lipinski definition) is 8. The van der Waals surface area contributed by atoms with Crippen LogP contribution in [0.25, 0.3) is 11.1 Å². The lowest BCUT2D eigenvalue weighted by Crippen LogP contribution is -2.34. The molecule has 2 N–H and O–H groups in total. The van der Waals surface area contributed by atoms with E-state index in [9.17, 15) is 9.18 Å². The Bertz CT molecular complexity index is 1120. The van der Waals surface area contributed by atoms with Gasteiger partial charge in [0.15, 0.2) is 5.58 Å². The number of carbonyl (C=O) groups is 1. The quantitative estimate of drug-likeness (QED) is 0.479. The second-order valence-corrected chi connectivity index (χ2v) is 8.09. The summed E-state index contributed by atoms with van der Waals surface area (Å²) >= 11 is 0. The number of hydrogen-bond donors (Lipinski definition) is 2. The summed E-state index contributed by atoms with van der Waals surface area (Å²) in [4.78, 5) is 20.3. The molecule has 1 amide bonds. The molecule has 0 spiro atoms. The number of anilines is 1. The number of alkyl carbamates (subject to hydrolysis) is 1. The first kappa shape index (κ1) is 23.8. The van der Waals surface area contributed by atoms with Gasteiger partial charge in [-0.3, -0.25) is 0 Å². The van der Waals surface area contributed by atoms with Crippen molar-refractivity contribution < 1.29 is 27.8 Å². The number of oxazole rings is 1. The van der Waals surface area contributed by atoms with Gasteiger partial charge in [0.2, 0.25) is 5.88 Å². The van der Waals surface area contributed by atoms with Crippen molar-refractivity contribution in [1.82, 2.24) is 15.3 Å². The Hall–Kier alpha value is -3.82. The fourth-order valence-corrected chi connectivity index (χ4v) is 2.78. The summed E-state index contributed by atoms with van der Waals surface area (Å²) in [6.45, 7) is 5.57. The van der Waals surface area contributed by atoms with Crippen LogP contribution < -0.4 is 20.1 Å². The molecule has 2 heterocycles. The van der Waals surface area contributed by atoms with Gasteiger partial charge < -0.3 is 29.3 Å². The van der Waals surface area contributed by atoms with E-state index in [1.165, 1.54) is 0 Å². The van der Waals surface area contributed by atoms with E-state index in [-0.39, 0.29) is 18.7 Å². The molecule has 0 radical (unpaired) electrons. The van der Waals surface area contributed by atoms with E-state index >= 15 is 0 Å². The SMILES string of the molecule is COc1ncccc1CNc1nc2ccc(OCC(=CF)CNC(=O)OC(C)(C)C)cc2o1. The van der Waals surface area contributed by atoms with Crippen LogP contribution in [0.2, 0.25) is 0 Å². The Morgan fingerprint density at radius 3 is 2.82 bits per heavy atom. The molecule has 176 valence electrons. The predicted octanol–water partition coefficient (Wildman–Crippen LogP) is 4.60. The van der Waals surface area contributed by atoms with Crippen LogP contribution in [0.1, 0.15) is 26.3 Å². The first-order valence-corrected chi connectivity index (χ1v) is 10.3. The van der Waals surface area contributed by atoms with Crippen molar-refractivity contribution in [1.29, 1.82) is 0 Å². The highest BCUT2D eigenvalue weighted by atomic mass is 19.1. The molecule has 2 aromatic heterocycles. The molecule has 1 aromatic carbocycles. The summed E-state index contributed by atoms with van der Waals surface area (Å²) < 4.78 is 34.9. The molecule has 0 aliphatic rings. The van der Waals surface area contributed by atoms with E-state index in [1.54, 1.807) is 52.3 Å². The third-order valence-corrected chi connectivity index (χ3v) is 4.27. The number of nitrogens with zero attached hydrogens (tertiary/aromatic N) is 2. The van der Waals surface area contributed by atoms with Crippen LogP contribution in [0.3, 0.4) is 0 Å². The van der Waals surface area contributed by atoms with Crippen LogP contribution in [0.4, 0.5) is 15.2 Å². The Labute approximate surface area is 190 Å². The van der Waals surface area contributed by atoms with Crippen molar-refractivity contribution in [3.63, 3.8) is 0 Å². The number of amides is 1. The van der Waals surface area contributed by atoms with Crippen LogP contribution >= 0.6 is 0 Å². The average molecular weight is 458 g/mol. The average Bonchev–Trinajstić information content (AvgIpc) is 3.19. The third kappa shape index (κ3) is 7.09.